The van der Waals surface area contributed by atoms with Crippen LogP contribution in [0.15, 0.2) is 29.2 Å². The highest BCUT2D eigenvalue weighted by molar-refractivity contribution is 7.98. The van der Waals surface area contributed by atoms with Gasteiger partial charge in [-0.1, -0.05) is 12.1 Å². The van der Waals surface area contributed by atoms with Gasteiger partial charge in [0.2, 0.25) is 11.8 Å². The Bertz CT molecular complexity index is 546. The topological polar surface area (TPSA) is 61.4 Å². The fourth-order valence-electron chi connectivity index (χ4n) is 2.05. The average Bonchev–Trinajstić information content (AvgIpc) is 3.30. The summed E-state index contributed by atoms with van der Waals surface area (Å²) in [5, 5.41) is 5.87. The summed E-state index contributed by atoms with van der Waals surface area (Å²) in [7, 11) is 1.79. The Balaban J connectivity index is 1.86. The second-order valence-electron chi connectivity index (χ2n) is 5.62. The van der Waals surface area contributed by atoms with Gasteiger partial charge in [-0.2, -0.15) is 0 Å². The lowest BCUT2D eigenvalue weighted by Gasteiger charge is -2.23. The number of carbonyl (C=O) groups is 2. The van der Waals surface area contributed by atoms with Crippen LogP contribution in [0.2, 0.25) is 0 Å². The predicted octanol–water partition coefficient (Wildman–Crippen LogP) is 1.95. The van der Waals surface area contributed by atoms with Gasteiger partial charge in [0.15, 0.2) is 0 Å². The molecular weight excluding hydrogens is 298 g/mol. The molecule has 0 aliphatic heterocycles. The number of hydrogen-bond acceptors (Lipinski definition) is 4. The molecule has 0 aromatic heterocycles. The number of hydrogen-bond donors (Lipinski definition) is 2. The van der Waals surface area contributed by atoms with E-state index in [9.17, 15) is 9.59 Å². The number of nitrogens with zero attached hydrogens (tertiary/aromatic N) is 1. The molecule has 2 N–H and O–H groups in total. The van der Waals surface area contributed by atoms with Crippen LogP contribution in [0.5, 0.6) is 0 Å². The second kappa shape index (κ2) is 7.65. The third-order valence-corrected chi connectivity index (χ3v) is 4.53. The van der Waals surface area contributed by atoms with Crippen LogP contribution in [-0.4, -0.2) is 48.6 Å². The van der Waals surface area contributed by atoms with Crippen molar-refractivity contribution in [1.82, 2.24) is 10.2 Å². The zero-order chi connectivity index (χ0) is 16.1. The molecule has 5 nitrogen and oxygen atoms in total. The van der Waals surface area contributed by atoms with Crippen LogP contribution in [0.25, 0.3) is 0 Å². The first-order valence-electron chi connectivity index (χ1n) is 7.44. The Labute approximate surface area is 135 Å². The largest absolute Gasteiger partial charge is 0.352 e. The van der Waals surface area contributed by atoms with Crippen molar-refractivity contribution in [3.63, 3.8) is 0 Å². The summed E-state index contributed by atoms with van der Waals surface area (Å²) in [6, 6.07) is 7.71. The zero-order valence-corrected chi connectivity index (χ0v) is 14.1. The minimum absolute atomic E-state index is 0.0117. The fraction of sp³-hybridized carbons (Fsp3) is 0.500. The van der Waals surface area contributed by atoms with E-state index in [0.717, 1.165) is 23.4 Å². The quantitative estimate of drug-likeness (QED) is 0.754. The number of benzene rings is 1. The van der Waals surface area contributed by atoms with Gasteiger partial charge in [-0.15, -0.1) is 11.8 Å². The van der Waals surface area contributed by atoms with Crippen LogP contribution in [-0.2, 0) is 9.59 Å². The van der Waals surface area contributed by atoms with Gasteiger partial charge in [-0.05, 0) is 45.2 Å². The molecule has 0 unspecified atom stereocenters. The third-order valence-electron chi connectivity index (χ3n) is 3.74. The Hall–Kier alpha value is -1.53. The van der Waals surface area contributed by atoms with Gasteiger partial charge >= 0.3 is 0 Å². The molecule has 1 aromatic carbocycles. The Morgan fingerprint density at radius 3 is 2.68 bits per heavy atom. The fourth-order valence-corrected chi connectivity index (χ4v) is 2.60. The van der Waals surface area contributed by atoms with Crippen molar-refractivity contribution >= 4 is 29.3 Å². The summed E-state index contributed by atoms with van der Waals surface area (Å²) in [4.78, 5) is 26.9. The standard InChI is InChI=1S/C16H23N3O2S/c1-11(16(21)17-12-8-9-12)19(2)10-15(20)18-13-6-4-5-7-14(13)22-3/h4-7,11-12H,8-10H2,1-3H3,(H,17,21)(H,18,20)/t11-/m1/s1. The summed E-state index contributed by atoms with van der Waals surface area (Å²) in [5.41, 5.74) is 0.809. The maximum absolute atomic E-state index is 12.2. The number of thioether (sulfide) groups is 1. The Kier molecular flexibility index (Phi) is 5.85. The third kappa shape index (κ3) is 4.74. The van der Waals surface area contributed by atoms with E-state index in [1.807, 2.05) is 37.4 Å². The molecule has 1 aromatic rings. The number of anilines is 1. The zero-order valence-electron chi connectivity index (χ0n) is 13.3. The summed E-state index contributed by atoms with van der Waals surface area (Å²) < 4.78 is 0. The minimum atomic E-state index is -0.317. The van der Waals surface area contributed by atoms with E-state index >= 15 is 0 Å². The first kappa shape index (κ1) is 16.8. The van der Waals surface area contributed by atoms with Crippen molar-refractivity contribution in [2.75, 3.05) is 25.2 Å². The van der Waals surface area contributed by atoms with Crippen LogP contribution in [0.1, 0.15) is 19.8 Å². The lowest BCUT2D eigenvalue weighted by Crippen LogP contribution is -2.46. The van der Waals surface area contributed by atoms with Crippen LogP contribution in [0, 0.1) is 0 Å². The molecule has 0 heterocycles. The van der Waals surface area contributed by atoms with Gasteiger partial charge < -0.3 is 10.6 Å². The van der Waals surface area contributed by atoms with Crippen molar-refractivity contribution in [3.05, 3.63) is 24.3 Å². The van der Waals surface area contributed by atoms with Crippen molar-refractivity contribution in [3.8, 4) is 0 Å². The van der Waals surface area contributed by atoms with Gasteiger partial charge in [0.05, 0.1) is 18.3 Å². The molecule has 0 radical (unpaired) electrons. The minimum Gasteiger partial charge on any atom is -0.352 e. The van der Waals surface area contributed by atoms with Crippen LogP contribution >= 0.6 is 11.8 Å². The molecule has 1 aliphatic carbocycles. The highest BCUT2D eigenvalue weighted by Gasteiger charge is 2.27. The molecule has 1 aliphatic rings. The number of carbonyl (C=O) groups excluding carboxylic acids is 2. The van der Waals surface area contributed by atoms with E-state index < -0.39 is 0 Å². The summed E-state index contributed by atoms with van der Waals surface area (Å²) in [6.45, 7) is 2.00. The molecule has 1 fully saturated rings. The number of amides is 2. The highest BCUT2D eigenvalue weighted by Crippen LogP contribution is 2.24. The summed E-state index contributed by atoms with van der Waals surface area (Å²) in [6.07, 6.45) is 4.10. The van der Waals surface area contributed by atoms with Gasteiger partial charge in [0.1, 0.15) is 0 Å². The normalized spacial score (nSPS) is 15.5. The number of para-hydroxylation sites is 1. The average molecular weight is 321 g/mol. The molecule has 120 valence electrons. The molecule has 0 spiro atoms. The van der Waals surface area contributed by atoms with Gasteiger partial charge in [-0.25, -0.2) is 0 Å². The van der Waals surface area contributed by atoms with E-state index in [0.29, 0.717) is 6.04 Å². The Morgan fingerprint density at radius 1 is 1.36 bits per heavy atom. The van der Waals surface area contributed by atoms with Crippen molar-refractivity contribution in [1.29, 1.82) is 0 Å². The predicted molar refractivity (Wildman–Crippen MR) is 90.1 cm³/mol. The van der Waals surface area contributed by atoms with E-state index in [2.05, 4.69) is 10.6 Å². The van der Waals surface area contributed by atoms with Crippen molar-refractivity contribution in [2.24, 2.45) is 0 Å². The molecule has 1 atom stereocenters. The van der Waals surface area contributed by atoms with Crippen molar-refractivity contribution in [2.45, 2.75) is 36.7 Å². The van der Waals surface area contributed by atoms with Crippen molar-refractivity contribution < 1.29 is 9.59 Å². The Morgan fingerprint density at radius 2 is 2.05 bits per heavy atom. The molecule has 22 heavy (non-hydrogen) atoms. The monoisotopic (exact) mass is 321 g/mol. The highest BCUT2D eigenvalue weighted by atomic mass is 32.2. The molecule has 1 saturated carbocycles. The maximum atomic E-state index is 12.2. The van der Waals surface area contributed by atoms with Gasteiger partial charge in [0, 0.05) is 10.9 Å². The van der Waals surface area contributed by atoms with Crippen LogP contribution in [0.4, 0.5) is 5.69 Å². The molecule has 0 bridgehead atoms. The summed E-state index contributed by atoms with van der Waals surface area (Å²) >= 11 is 1.59. The van der Waals surface area contributed by atoms with Gasteiger partial charge in [-0.3, -0.25) is 14.5 Å². The number of likely N-dealkylation sites (N-methyl/N-ethyl adjacent to an activating group) is 1. The molecular formula is C16H23N3O2S. The number of nitrogens with one attached hydrogen (secondary N) is 2. The molecule has 2 amide bonds. The van der Waals surface area contributed by atoms with Crippen LogP contribution in [0.3, 0.4) is 0 Å². The van der Waals surface area contributed by atoms with Gasteiger partial charge in [0.25, 0.3) is 0 Å². The van der Waals surface area contributed by atoms with E-state index in [-0.39, 0.29) is 24.4 Å². The van der Waals surface area contributed by atoms with E-state index in [1.54, 1.807) is 23.7 Å². The lowest BCUT2D eigenvalue weighted by atomic mass is 10.2. The summed E-state index contributed by atoms with van der Waals surface area (Å²) in [5.74, 6) is -0.127. The molecule has 2 rings (SSSR count). The van der Waals surface area contributed by atoms with Crippen LogP contribution < -0.4 is 10.6 Å². The lowest BCUT2D eigenvalue weighted by molar-refractivity contribution is -0.126. The molecule has 6 heteroatoms. The smallest absolute Gasteiger partial charge is 0.238 e. The molecule has 0 saturated heterocycles. The second-order valence-corrected chi connectivity index (χ2v) is 6.47. The van der Waals surface area contributed by atoms with E-state index in [4.69, 9.17) is 0 Å². The first-order valence-corrected chi connectivity index (χ1v) is 8.67. The first-order chi connectivity index (χ1) is 10.5. The van der Waals surface area contributed by atoms with E-state index in [1.165, 1.54) is 0 Å². The number of rotatable bonds is 7. The maximum Gasteiger partial charge on any atom is 0.238 e. The SMILES string of the molecule is CSc1ccccc1NC(=O)CN(C)[C@H](C)C(=O)NC1CC1.